The van der Waals surface area contributed by atoms with Crippen LogP contribution in [-0.2, 0) is 0 Å². The van der Waals surface area contributed by atoms with Crippen molar-refractivity contribution in [1.29, 1.82) is 0 Å². The zero-order valence-corrected chi connectivity index (χ0v) is 21.0. The third-order valence-electron chi connectivity index (χ3n) is 5.58. The van der Waals surface area contributed by atoms with Crippen molar-refractivity contribution in [1.82, 2.24) is 19.8 Å². The fraction of sp³-hybridized carbons (Fsp3) is 0.259. The van der Waals surface area contributed by atoms with Crippen molar-refractivity contribution in [2.75, 3.05) is 43.4 Å². The first kappa shape index (κ1) is 24.5. The van der Waals surface area contributed by atoms with E-state index in [1.807, 2.05) is 56.3 Å². The van der Waals surface area contributed by atoms with Crippen LogP contribution in [0.25, 0.3) is 6.08 Å². The van der Waals surface area contributed by atoms with E-state index in [4.69, 9.17) is 17.2 Å². The molecule has 8 heteroatoms. The highest BCUT2D eigenvalue weighted by Gasteiger charge is 2.21. The van der Waals surface area contributed by atoms with Gasteiger partial charge < -0.3 is 10.2 Å². The Labute approximate surface area is 212 Å². The Hall–Kier alpha value is -3.62. The van der Waals surface area contributed by atoms with Crippen LogP contribution in [0.5, 0.6) is 0 Å². The third kappa shape index (κ3) is 7.70. The summed E-state index contributed by atoms with van der Waals surface area (Å²) >= 11 is 5.55. The highest BCUT2D eigenvalue weighted by Crippen LogP contribution is 2.11. The number of aromatic nitrogens is 2. The molecule has 2 heterocycles. The van der Waals surface area contributed by atoms with Gasteiger partial charge in [-0.15, -0.1) is 0 Å². The Morgan fingerprint density at radius 2 is 1.54 bits per heavy atom. The van der Waals surface area contributed by atoms with Gasteiger partial charge in [0.05, 0.1) is 0 Å². The lowest BCUT2D eigenvalue weighted by Gasteiger charge is -2.35. The maximum atomic E-state index is 5.55. The predicted molar refractivity (Wildman–Crippen MR) is 149 cm³/mol. The average Bonchev–Trinajstić information content (AvgIpc) is 2.85. The van der Waals surface area contributed by atoms with Crippen molar-refractivity contribution in [3.05, 3.63) is 89.8 Å². The van der Waals surface area contributed by atoms with E-state index in [0.29, 0.717) is 17.0 Å². The van der Waals surface area contributed by atoms with Crippen LogP contribution in [0.1, 0.15) is 17.0 Å². The Morgan fingerprint density at radius 3 is 2.20 bits per heavy atom. The number of nitrogens with one attached hydrogen (secondary N) is 2. The van der Waals surface area contributed by atoms with E-state index >= 15 is 0 Å². The highest BCUT2D eigenvalue weighted by molar-refractivity contribution is 7.80. The van der Waals surface area contributed by atoms with Crippen LogP contribution in [0, 0.1) is 13.8 Å². The van der Waals surface area contributed by atoms with Gasteiger partial charge in [-0.3, -0.25) is 10.2 Å². The van der Waals surface area contributed by atoms with E-state index in [-0.39, 0.29) is 0 Å². The van der Waals surface area contributed by atoms with E-state index in [1.165, 1.54) is 5.56 Å². The van der Waals surface area contributed by atoms with Crippen LogP contribution in [0.15, 0.2) is 77.8 Å². The van der Waals surface area contributed by atoms with Crippen LogP contribution in [0.4, 0.5) is 11.6 Å². The minimum absolute atomic E-state index is 0.385. The zero-order valence-electron chi connectivity index (χ0n) is 20.2. The molecule has 0 bridgehead atoms. The summed E-state index contributed by atoms with van der Waals surface area (Å²) < 4.78 is 0. The molecule has 1 aliphatic rings. The Kier molecular flexibility index (Phi) is 8.53. The van der Waals surface area contributed by atoms with Gasteiger partial charge >= 0.3 is 0 Å². The minimum atomic E-state index is 0.385. The lowest BCUT2D eigenvalue weighted by atomic mass is 10.2. The SMILES string of the molecule is Cc1cc(C)nc(N/C(=N/C(=S)Nc2ccccc2)N2CCN(C/C=C/c3ccccc3)CC2)n1. The predicted octanol–water partition coefficient (Wildman–Crippen LogP) is 4.59. The minimum Gasteiger partial charge on any atom is -0.340 e. The topological polar surface area (TPSA) is 68.7 Å². The third-order valence-corrected chi connectivity index (χ3v) is 5.78. The number of rotatable bonds is 5. The van der Waals surface area contributed by atoms with Crippen LogP contribution in [-0.4, -0.2) is 63.6 Å². The quantitative estimate of drug-likeness (QED) is 0.311. The van der Waals surface area contributed by atoms with Crippen molar-refractivity contribution in [2.24, 2.45) is 4.99 Å². The molecule has 4 rings (SSSR count). The number of hydrogen-bond donors (Lipinski definition) is 2. The summed E-state index contributed by atoms with van der Waals surface area (Å²) in [6.07, 6.45) is 4.40. The monoisotopic (exact) mass is 485 g/mol. The number of anilines is 2. The van der Waals surface area contributed by atoms with Gasteiger partial charge in [0.15, 0.2) is 0 Å². The molecule has 0 saturated carbocycles. The number of thiocarbonyl (C=S) groups is 1. The molecule has 35 heavy (non-hydrogen) atoms. The highest BCUT2D eigenvalue weighted by atomic mass is 32.1. The number of piperazine rings is 1. The molecule has 0 atom stereocenters. The standard InChI is InChI=1S/C27H31N7S/c1-21-20-22(2)29-25(28-21)31-26(32-27(35)30-24-13-7-4-8-14-24)34-18-16-33(17-19-34)15-9-12-23-10-5-3-6-11-23/h3-14,20H,15-19H2,1-2H3,(H2,28,29,30,31,32,35)/b12-9+. The molecule has 7 nitrogen and oxygen atoms in total. The van der Waals surface area contributed by atoms with Gasteiger partial charge in [0.2, 0.25) is 17.0 Å². The largest absolute Gasteiger partial charge is 0.340 e. The Balaban J connectivity index is 1.42. The first-order chi connectivity index (χ1) is 17.0. The maximum Gasteiger partial charge on any atom is 0.229 e. The number of benzene rings is 2. The molecule has 1 aliphatic heterocycles. The molecule has 0 amide bonds. The molecule has 0 aliphatic carbocycles. The Morgan fingerprint density at radius 1 is 0.914 bits per heavy atom. The second kappa shape index (κ2) is 12.2. The summed E-state index contributed by atoms with van der Waals surface area (Å²) in [7, 11) is 0. The molecule has 0 unspecified atom stereocenters. The van der Waals surface area contributed by atoms with Crippen LogP contribution >= 0.6 is 12.2 Å². The summed E-state index contributed by atoms with van der Waals surface area (Å²) in [6, 6.07) is 22.1. The van der Waals surface area contributed by atoms with Crippen LogP contribution in [0.2, 0.25) is 0 Å². The Bertz CT molecular complexity index is 1150. The first-order valence-corrected chi connectivity index (χ1v) is 12.2. The van der Waals surface area contributed by atoms with Gasteiger partial charge in [0.1, 0.15) is 0 Å². The molecule has 2 N–H and O–H groups in total. The lowest BCUT2D eigenvalue weighted by Crippen LogP contribution is -2.51. The molecular weight excluding hydrogens is 454 g/mol. The van der Waals surface area contributed by atoms with Crippen LogP contribution in [0.3, 0.4) is 0 Å². The second-order valence-electron chi connectivity index (χ2n) is 8.43. The van der Waals surface area contributed by atoms with E-state index in [2.05, 4.69) is 66.8 Å². The number of nitrogens with zero attached hydrogens (tertiary/aromatic N) is 5. The fourth-order valence-corrected chi connectivity index (χ4v) is 4.08. The smallest absolute Gasteiger partial charge is 0.229 e. The van der Waals surface area contributed by atoms with Gasteiger partial charge in [-0.05, 0) is 49.8 Å². The molecule has 1 aromatic heterocycles. The molecule has 2 aromatic carbocycles. The van der Waals surface area contributed by atoms with E-state index < -0.39 is 0 Å². The van der Waals surface area contributed by atoms with Crippen molar-refractivity contribution in [3.63, 3.8) is 0 Å². The van der Waals surface area contributed by atoms with Crippen LogP contribution < -0.4 is 10.6 Å². The first-order valence-electron chi connectivity index (χ1n) is 11.8. The number of hydrogen-bond acceptors (Lipinski definition) is 4. The maximum absolute atomic E-state index is 5.55. The summed E-state index contributed by atoms with van der Waals surface area (Å²) in [6.45, 7) is 8.32. The van der Waals surface area contributed by atoms with E-state index in [1.54, 1.807) is 0 Å². The number of aryl methyl sites for hydroxylation is 2. The van der Waals surface area contributed by atoms with Crippen molar-refractivity contribution >= 4 is 41.0 Å². The molecule has 0 radical (unpaired) electrons. The summed E-state index contributed by atoms with van der Waals surface area (Å²) in [5.74, 6) is 1.18. The average molecular weight is 486 g/mol. The number of guanidine groups is 1. The van der Waals surface area contributed by atoms with Crippen molar-refractivity contribution in [3.8, 4) is 0 Å². The zero-order chi connectivity index (χ0) is 24.5. The van der Waals surface area contributed by atoms with E-state index in [0.717, 1.165) is 49.8 Å². The molecule has 1 fully saturated rings. The fourth-order valence-electron chi connectivity index (χ4n) is 3.87. The molecule has 1 saturated heterocycles. The summed E-state index contributed by atoms with van der Waals surface area (Å²) in [5, 5.41) is 6.89. The lowest BCUT2D eigenvalue weighted by molar-refractivity contribution is 0.198. The molecule has 0 spiro atoms. The second-order valence-corrected chi connectivity index (χ2v) is 8.82. The van der Waals surface area contributed by atoms with Gasteiger partial charge in [-0.25, -0.2) is 9.97 Å². The molecule has 180 valence electrons. The summed E-state index contributed by atoms with van der Waals surface area (Å²) in [5.41, 5.74) is 3.93. The normalized spacial score (nSPS) is 14.8. The molecular formula is C27H31N7S. The van der Waals surface area contributed by atoms with Gasteiger partial charge in [-0.2, -0.15) is 4.99 Å². The van der Waals surface area contributed by atoms with Gasteiger partial charge in [0.25, 0.3) is 0 Å². The van der Waals surface area contributed by atoms with Gasteiger partial charge in [0, 0.05) is 49.8 Å². The molecule has 3 aromatic rings. The van der Waals surface area contributed by atoms with Crippen molar-refractivity contribution in [2.45, 2.75) is 13.8 Å². The summed E-state index contributed by atoms with van der Waals surface area (Å²) in [4.78, 5) is 18.4. The number of aliphatic imine (C=N–C) groups is 1. The number of para-hydroxylation sites is 1. The van der Waals surface area contributed by atoms with Crippen molar-refractivity contribution < 1.29 is 0 Å². The van der Waals surface area contributed by atoms with Gasteiger partial charge in [-0.1, -0.05) is 60.7 Å². The van der Waals surface area contributed by atoms with E-state index in [9.17, 15) is 0 Å².